The Labute approximate surface area is 192 Å². The van der Waals surface area contributed by atoms with Crippen LogP contribution in [0.25, 0.3) is 0 Å². The molecule has 2 aromatic rings. The van der Waals surface area contributed by atoms with Gasteiger partial charge in [0.2, 0.25) is 11.8 Å². The maximum Gasteiger partial charge on any atom is 0.237 e. The second-order valence-electron chi connectivity index (χ2n) is 5.92. The summed E-state index contributed by atoms with van der Waals surface area (Å²) in [6, 6.07) is 3.27. The number of hydrogen-bond acceptors (Lipinski definition) is 7. The predicted molar refractivity (Wildman–Crippen MR) is 126 cm³/mol. The zero-order chi connectivity index (χ0) is 20.6. The third kappa shape index (κ3) is 7.47. The van der Waals surface area contributed by atoms with E-state index in [4.69, 9.17) is 79.1 Å². The van der Waals surface area contributed by atoms with Crippen molar-refractivity contribution < 1.29 is 9.05 Å². The molecule has 0 aliphatic rings. The van der Waals surface area contributed by atoms with E-state index in [9.17, 15) is 0 Å². The summed E-state index contributed by atoms with van der Waals surface area (Å²) in [6.07, 6.45) is -4.00. The van der Waals surface area contributed by atoms with Gasteiger partial charge in [0.25, 0.3) is 0 Å². The number of hydrogen-bond donors (Lipinski definition) is 0. The molecule has 0 aliphatic heterocycles. The molecule has 0 unspecified atom stereocenters. The Morgan fingerprint density at radius 1 is 0.778 bits per heavy atom. The summed E-state index contributed by atoms with van der Waals surface area (Å²) in [6.45, 7) is 7.28. The molecular formula is C14H14Cl4N2O2P2S3. The van der Waals surface area contributed by atoms with E-state index in [0.29, 0.717) is 19.8 Å². The quantitative estimate of drug-likeness (QED) is 0.280. The van der Waals surface area contributed by atoms with Gasteiger partial charge in [-0.1, -0.05) is 81.8 Å². The summed E-state index contributed by atoms with van der Waals surface area (Å²) in [7, 11) is 0. The molecule has 148 valence electrons. The summed E-state index contributed by atoms with van der Waals surface area (Å²) < 4.78 is 11.3. The zero-order valence-electron chi connectivity index (χ0n) is 14.5. The average molecular weight is 542 g/mol. The minimum absolute atomic E-state index is 0.202. The largest absolute Gasteiger partial charge is 0.448 e. The van der Waals surface area contributed by atoms with Crippen molar-refractivity contribution in [3.05, 3.63) is 32.5 Å². The third-order valence-corrected chi connectivity index (χ3v) is 6.64. The van der Waals surface area contributed by atoms with Gasteiger partial charge in [-0.25, -0.2) is 0 Å². The Morgan fingerprint density at radius 2 is 1.11 bits per heavy atom. The number of aromatic nitrogens is 2. The van der Waals surface area contributed by atoms with Crippen LogP contribution in [0.3, 0.4) is 0 Å². The lowest BCUT2D eigenvalue weighted by Gasteiger charge is -2.16. The van der Waals surface area contributed by atoms with Crippen molar-refractivity contribution in [1.82, 2.24) is 9.97 Å². The summed E-state index contributed by atoms with van der Waals surface area (Å²) >= 11 is 36.8. The molecule has 13 heteroatoms. The lowest BCUT2D eigenvalue weighted by molar-refractivity contribution is 0.592. The third-order valence-electron chi connectivity index (χ3n) is 2.56. The van der Waals surface area contributed by atoms with Crippen LogP contribution in [0.4, 0.5) is 0 Å². The van der Waals surface area contributed by atoms with Gasteiger partial charge >= 0.3 is 0 Å². The normalized spacial score (nSPS) is 12.1. The molecule has 0 bridgehead atoms. The van der Waals surface area contributed by atoms with Crippen LogP contribution >= 0.6 is 70.7 Å². The fourth-order valence-corrected chi connectivity index (χ4v) is 5.17. The first-order valence-electron chi connectivity index (χ1n) is 7.14. The standard InChI is InChI=1S/C14H14Cl4N2O2P2S3/c1-23(2,25)21-13-7(15)5-9(11(17)19-13)27-10-6-8(16)14(20-12(10)18)22-24(3,4)26/h5-6H,1-4H3. The van der Waals surface area contributed by atoms with Crippen molar-refractivity contribution in [2.24, 2.45) is 0 Å². The Morgan fingerprint density at radius 3 is 1.41 bits per heavy atom. The molecule has 4 nitrogen and oxygen atoms in total. The maximum absolute atomic E-state index is 6.27. The molecule has 2 heterocycles. The highest BCUT2D eigenvalue weighted by atomic mass is 35.5. The van der Waals surface area contributed by atoms with Crippen LogP contribution in [0.15, 0.2) is 21.9 Å². The van der Waals surface area contributed by atoms with Gasteiger partial charge in [0.15, 0.2) is 0 Å². The lowest BCUT2D eigenvalue weighted by atomic mass is 10.5. The van der Waals surface area contributed by atoms with Gasteiger partial charge in [-0.2, -0.15) is 9.97 Å². The van der Waals surface area contributed by atoms with Crippen LogP contribution in [0.2, 0.25) is 20.4 Å². The Hall–Kier alpha value is 0.710. The monoisotopic (exact) mass is 540 g/mol. The van der Waals surface area contributed by atoms with Gasteiger partial charge in [-0.05, 0) is 38.8 Å². The molecule has 0 radical (unpaired) electrons. The van der Waals surface area contributed by atoms with E-state index in [1.54, 1.807) is 12.1 Å². The van der Waals surface area contributed by atoms with Gasteiger partial charge in [-0.15, -0.1) is 0 Å². The van der Waals surface area contributed by atoms with E-state index in [2.05, 4.69) is 9.97 Å². The summed E-state index contributed by atoms with van der Waals surface area (Å²) in [5.41, 5.74) is 0. The average Bonchev–Trinajstić information content (AvgIpc) is 2.46. The second-order valence-corrected chi connectivity index (χ2v) is 19.2. The molecule has 2 rings (SSSR count). The van der Waals surface area contributed by atoms with E-state index < -0.39 is 12.5 Å². The molecule has 0 atom stereocenters. The van der Waals surface area contributed by atoms with E-state index in [1.807, 2.05) is 26.7 Å². The van der Waals surface area contributed by atoms with Crippen LogP contribution in [-0.4, -0.2) is 36.6 Å². The van der Waals surface area contributed by atoms with Gasteiger partial charge in [0, 0.05) is 0 Å². The molecule has 2 aromatic heterocycles. The highest BCUT2D eigenvalue weighted by molar-refractivity contribution is 8.12. The van der Waals surface area contributed by atoms with Crippen molar-refractivity contribution in [2.75, 3.05) is 26.7 Å². The van der Waals surface area contributed by atoms with Gasteiger partial charge in [0.05, 0.1) is 9.79 Å². The van der Waals surface area contributed by atoms with Crippen molar-refractivity contribution in [1.29, 1.82) is 0 Å². The first kappa shape index (κ1) is 24.0. The minimum Gasteiger partial charge on any atom is -0.448 e. The predicted octanol–water partition coefficient (Wildman–Crippen LogP) is 7.31. The van der Waals surface area contributed by atoms with E-state index >= 15 is 0 Å². The van der Waals surface area contributed by atoms with Gasteiger partial charge < -0.3 is 9.05 Å². The summed E-state index contributed by atoms with van der Waals surface area (Å²) in [5, 5.41) is 1.00. The SMILES string of the molecule is CP(C)(=S)Oc1nc(Cl)c(Sc2cc(Cl)c(OP(C)(C)=S)nc2Cl)cc1Cl. The number of rotatable bonds is 6. The fraction of sp³-hybridized carbons (Fsp3) is 0.286. The van der Waals surface area contributed by atoms with Crippen molar-refractivity contribution in [2.45, 2.75) is 9.79 Å². The Bertz CT molecular complexity index is 904. The Kier molecular flexibility index (Phi) is 8.21. The van der Waals surface area contributed by atoms with E-state index in [1.165, 1.54) is 11.8 Å². The molecule has 0 N–H and O–H groups in total. The van der Waals surface area contributed by atoms with Crippen molar-refractivity contribution in [3.63, 3.8) is 0 Å². The van der Waals surface area contributed by atoms with Gasteiger partial charge in [0.1, 0.15) is 32.9 Å². The van der Waals surface area contributed by atoms with Gasteiger partial charge in [-0.3, -0.25) is 0 Å². The molecular weight excluding hydrogens is 528 g/mol. The summed E-state index contributed by atoms with van der Waals surface area (Å²) in [5.74, 6) is 0.420. The first-order valence-corrected chi connectivity index (χ1v) is 16.7. The van der Waals surface area contributed by atoms with Crippen LogP contribution in [0, 0.1) is 0 Å². The lowest BCUT2D eigenvalue weighted by Crippen LogP contribution is -1.95. The number of nitrogens with zero attached hydrogens (tertiary/aromatic N) is 2. The molecule has 27 heavy (non-hydrogen) atoms. The van der Waals surface area contributed by atoms with Crippen LogP contribution in [0.5, 0.6) is 11.8 Å². The second kappa shape index (κ2) is 9.24. The van der Waals surface area contributed by atoms with Crippen molar-refractivity contribution in [3.8, 4) is 11.8 Å². The smallest absolute Gasteiger partial charge is 0.237 e. The molecule has 0 saturated heterocycles. The molecule has 0 aliphatic carbocycles. The van der Waals surface area contributed by atoms with E-state index in [-0.39, 0.29) is 22.1 Å². The molecule has 0 amide bonds. The Balaban J connectivity index is 2.34. The first-order chi connectivity index (χ1) is 12.2. The number of pyridine rings is 2. The topological polar surface area (TPSA) is 44.2 Å². The fourth-order valence-electron chi connectivity index (χ4n) is 1.67. The molecule has 0 saturated carbocycles. The van der Waals surface area contributed by atoms with Crippen LogP contribution in [0.1, 0.15) is 0 Å². The van der Waals surface area contributed by atoms with Crippen LogP contribution in [-0.2, 0) is 23.6 Å². The molecule has 0 fully saturated rings. The van der Waals surface area contributed by atoms with Crippen molar-refractivity contribution >= 4 is 94.3 Å². The molecule has 0 spiro atoms. The number of halogens is 4. The minimum atomic E-state index is -2.00. The molecule has 0 aromatic carbocycles. The van der Waals surface area contributed by atoms with Crippen LogP contribution < -0.4 is 9.05 Å². The summed E-state index contributed by atoms with van der Waals surface area (Å²) in [4.78, 5) is 9.52. The highest BCUT2D eigenvalue weighted by Gasteiger charge is 2.18. The van der Waals surface area contributed by atoms with E-state index in [0.717, 1.165) is 0 Å². The zero-order valence-corrected chi connectivity index (χ0v) is 21.8. The maximum atomic E-state index is 6.27. The highest BCUT2D eigenvalue weighted by Crippen LogP contribution is 2.47.